The first-order valence-corrected chi connectivity index (χ1v) is 7.14. The molecule has 0 aromatic carbocycles. The van der Waals surface area contributed by atoms with Crippen molar-refractivity contribution < 1.29 is 19.1 Å². The number of alkyl halides is 1. The highest BCUT2D eigenvalue weighted by atomic mass is 35.5. The van der Waals surface area contributed by atoms with Gasteiger partial charge in [-0.15, -0.1) is 11.6 Å². The van der Waals surface area contributed by atoms with E-state index in [9.17, 15) is 9.59 Å². The molecule has 6 nitrogen and oxygen atoms in total. The molecule has 2 aliphatic rings. The standard InChI is InChI=1S/C12H19ClN2O4/c13-3-9-19-12(17)15-6-4-14(5-7-15)11(16)10-2-1-8-18-10/h10H,1-9H2. The molecule has 108 valence electrons. The lowest BCUT2D eigenvalue weighted by Gasteiger charge is -2.35. The minimum absolute atomic E-state index is 0.0475. The van der Waals surface area contributed by atoms with Gasteiger partial charge in [0.05, 0.1) is 5.88 Å². The number of amides is 2. The monoisotopic (exact) mass is 290 g/mol. The van der Waals surface area contributed by atoms with Crippen molar-refractivity contribution in [2.45, 2.75) is 18.9 Å². The summed E-state index contributed by atoms with van der Waals surface area (Å²) in [4.78, 5) is 27.1. The van der Waals surface area contributed by atoms with Gasteiger partial charge in [-0.3, -0.25) is 4.79 Å². The number of rotatable bonds is 3. The van der Waals surface area contributed by atoms with Crippen molar-refractivity contribution in [2.24, 2.45) is 0 Å². The van der Waals surface area contributed by atoms with Crippen molar-refractivity contribution in [1.82, 2.24) is 9.80 Å². The van der Waals surface area contributed by atoms with E-state index in [1.165, 1.54) is 0 Å². The lowest BCUT2D eigenvalue weighted by Crippen LogP contribution is -2.53. The number of piperazine rings is 1. The number of nitrogens with zero attached hydrogens (tertiary/aromatic N) is 2. The molecule has 0 saturated carbocycles. The first-order valence-electron chi connectivity index (χ1n) is 6.60. The number of hydrogen-bond donors (Lipinski definition) is 0. The fourth-order valence-corrected chi connectivity index (χ4v) is 2.38. The Balaban J connectivity index is 1.75. The molecule has 19 heavy (non-hydrogen) atoms. The molecule has 0 N–H and O–H groups in total. The highest BCUT2D eigenvalue weighted by Crippen LogP contribution is 2.16. The lowest BCUT2D eigenvalue weighted by molar-refractivity contribution is -0.142. The second-order valence-electron chi connectivity index (χ2n) is 4.62. The molecule has 2 rings (SSSR count). The molecule has 0 aliphatic carbocycles. The Kier molecular flexibility index (Phi) is 5.27. The van der Waals surface area contributed by atoms with Crippen LogP contribution >= 0.6 is 11.6 Å². The van der Waals surface area contributed by atoms with Gasteiger partial charge in [0.1, 0.15) is 12.7 Å². The van der Waals surface area contributed by atoms with E-state index < -0.39 is 0 Å². The van der Waals surface area contributed by atoms with Gasteiger partial charge in [0.15, 0.2) is 0 Å². The number of hydrogen-bond acceptors (Lipinski definition) is 4. The fraction of sp³-hybridized carbons (Fsp3) is 0.833. The van der Waals surface area contributed by atoms with Crippen LogP contribution in [0.3, 0.4) is 0 Å². The topological polar surface area (TPSA) is 59.1 Å². The van der Waals surface area contributed by atoms with Crippen molar-refractivity contribution in [2.75, 3.05) is 45.3 Å². The molecule has 0 radical (unpaired) electrons. The van der Waals surface area contributed by atoms with Crippen molar-refractivity contribution in [1.29, 1.82) is 0 Å². The molecule has 2 fully saturated rings. The van der Waals surface area contributed by atoms with Crippen LogP contribution in [0.5, 0.6) is 0 Å². The zero-order chi connectivity index (χ0) is 13.7. The van der Waals surface area contributed by atoms with Gasteiger partial charge < -0.3 is 19.3 Å². The summed E-state index contributed by atoms with van der Waals surface area (Å²) in [6.07, 6.45) is 1.11. The Hall–Kier alpha value is -1.01. The number of halogens is 1. The summed E-state index contributed by atoms with van der Waals surface area (Å²) in [7, 11) is 0. The van der Waals surface area contributed by atoms with Crippen molar-refractivity contribution in [3.8, 4) is 0 Å². The fourth-order valence-electron chi connectivity index (χ4n) is 2.30. The van der Waals surface area contributed by atoms with Crippen LogP contribution in [0.2, 0.25) is 0 Å². The third-order valence-corrected chi connectivity index (χ3v) is 3.51. The molecule has 2 saturated heterocycles. The first-order chi connectivity index (χ1) is 9.22. The summed E-state index contributed by atoms with van der Waals surface area (Å²) in [5.41, 5.74) is 0. The zero-order valence-corrected chi connectivity index (χ0v) is 11.6. The third kappa shape index (κ3) is 3.73. The average molecular weight is 291 g/mol. The number of carbonyl (C=O) groups is 2. The van der Waals surface area contributed by atoms with E-state index in [0.717, 1.165) is 12.8 Å². The molecule has 0 aromatic heterocycles. The third-order valence-electron chi connectivity index (χ3n) is 3.36. The second-order valence-corrected chi connectivity index (χ2v) is 5.00. The molecular formula is C12H19ClN2O4. The maximum atomic E-state index is 12.1. The average Bonchev–Trinajstić information content (AvgIpc) is 2.98. The van der Waals surface area contributed by atoms with Gasteiger partial charge in [-0.1, -0.05) is 0 Å². The predicted octanol–water partition coefficient (Wildman–Crippen LogP) is 0.685. The Morgan fingerprint density at radius 2 is 1.89 bits per heavy atom. The van der Waals surface area contributed by atoms with Crippen LogP contribution in [0.4, 0.5) is 4.79 Å². The Morgan fingerprint density at radius 1 is 1.21 bits per heavy atom. The summed E-state index contributed by atoms with van der Waals surface area (Å²) in [5.74, 6) is 0.342. The van der Waals surface area contributed by atoms with Crippen LogP contribution in [0.25, 0.3) is 0 Å². The number of carbonyl (C=O) groups excluding carboxylic acids is 2. The maximum Gasteiger partial charge on any atom is 0.409 e. The predicted molar refractivity (Wildman–Crippen MR) is 69.2 cm³/mol. The van der Waals surface area contributed by atoms with Gasteiger partial charge in [0, 0.05) is 32.8 Å². The van der Waals surface area contributed by atoms with Crippen molar-refractivity contribution in [3.05, 3.63) is 0 Å². The Labute approximate surface area is 117 Å². The summed E-state index contributed by atoms with van der Waals surface area (Å²) < 4.78 is 10.3. The van der Waals surface area contributed by atoms with E-state index in [4.69, 9.17) is 21.1 Å². The first kappa shape index (κ1) is 14.4. The van der Waals surface area contributed by atoms with E-state index >= 15 is 0 Å². The summed E-state index contributed by atoms with van der Waals surface area (Å²) >= 11 is 5.46. The SMILES string of the molecule is O=C(OCCCl)N1CCN(C(=O)C2CCCO2)CC1. The molecule has 0 bridgehead atoms. The zero-order valence-electron chi connectivity index (χ0n) is 10.8. The molecule has 1 unspecified atom stereocenters. The molecule has 7 heteroatoms. The Morgan fingerprint density at radius 3 is 2.47 bits per heavy atom. The highest BCUT2D eigenvalue weighted by molar-refractivity contribution is 6.18. The van der Waals surface area contributed by atoms with Crippen LogP contribution in [0.15, 0.2) is 0 Å². The normalized spacial score (nSPS) is 23.5. The van der Waals surface area contributed by atoms with Gasteiger partial charge in [0.2, 0.25) is 0 Å². The van der Waals surface area contributed by atoms with Gasteiger partial charge in [-0.05, 0) is 12.8 Å². The van der Waals surface area contributed by atoms with Crippen LogP contribution < -0.4 is 0 Å². The van der Waals surface area contributed by atoms with Crippen LogP contribution in [-0.2, 0) is 14.3 Å². The smallest absolute Gasteiger partial charge is 0.409 e. The summed E-state index contributed by atoms with van der Waals surface area (Å²) in [5, 5.41) is 0. The molecular weight excluding hydrogens is 272 g/mol. The minimum atomic E-state index is -0.357. The largest absolute Gasteiger partial charge is 0.448 e. The molecule has 2 heterocycles. The van der Waals surface area contributed by atoms with Gasteiger partial charge in [0.25, 0.3) is 5.91 Å². The van der Waals surface area contributed by atoms with Crippen LogP contribution in [0, 0.1) is 0 Å². The summed E-state index contributed by atoms with van der Waals surface area (Å²) in [6.45, 7) is 2.96. The molecule has 2 amide bonds. The van der Waals surface area contributed by atoms with E-state index in [1.54, 1.807) is 9.80 Å². The molecule has 0 spiro atoms. The van der Waals surface area contributed by atoms with E-state index in [1.807, 2.05) is 0 Å². The minimum Gasteiger partial charge on any atom is -0.448 e. The van der Waals surface area contributed by atoms with Gasteiger partial charge >= 0.3 is 6.09 Å². The Bertz CT molecular complexity index is 326. The van der Waals surface area contributed by atoms with Crippen molar-refractivity contribution >= 4 is 23.6 Å². The highest BCUT2D eigenvalue weighted by Gasteiger charge is 2.31. The quantitative estimate of drug-likeness (QED) is 0.718. The van der Waals surface area contributed by atoms with Gasteiger partial charge in [-0.25, -0.2) is 4.79 Å². The molecule has 0 aromatic rings. The lowest BCUT2D eigenvalue weighted by atomic mass is 10.2. The van der Waals surface area contributed by atoms with Crippen molar-refractivity contribution in [3.63, 3.8) is 0 Å². The van der Waals surface area contributed by atoms with E-state index in [2.05, 4.69) is 0 Å². The van der Waals surface area contributed by atoms with Gasteiger partial charge in [-0.2, -0.15) is 0 Å². The summed E-state index contributed by atoms with van der Waals surface area (Å²) in [6, 6.07) is 0. The van der Waals surface area contributed by atoms with Crippen LogP contribution in [-0.4, -0.2) is 73.2 Å². The number of ether oxygens (including phenoxy) is 2. The van der Waals surface area contributed by atoms with Crippen LogP contribution in [0.1, 0.15) is 12.8 Å². The molecule has 1 atom stereocenters. The van der Waals surface area contributed by atoms with E-state index in [0.29, 0.717) is 38.7 Å². The molecule has 2 aliphatic heterocycles. The second kappa shape index (κ2) is 6.96. The van der Waals surface area contributed by atoms with E-state index in [-0.39, 0.29) is 24.7 Å². The maximum absolute atomic E-state index is 12.1.